The maximum atomic E-state index is 13.4. The van der Waals surface area contributed by atoms with E-state index >= 15 is 0 Å². The molecular formula is C18H18F3N3O3. The van der Waals surface area contributed by atoms with E-state index in [0.29, 0.717) is 30.7 Å². The van der Waals surface area contributed by atoms with Gasteiger partial charge in [-0.1, -0.05) is 12.1 Å². The van der Waals surface area contributed by atoms with E-state index < -0.39 is 23.8 Å². The van der Waals surface area contributed by atoms with Crippen molar-refractivity contribution in [1.29, 1.82) is 0 Å². The Balaban J connectivity index is 2.08. The number of anilines is 1. The molecule has 0 saturated carbocycles. The number of aliphatic carboxylic acids is 1. The summed E-state index contributed by atoms with van der Waals surface area (Å²) in [6.45, 7) is 0.471. The Bertz CT molecular complexity index is 842. The summed E-state index contributed by atoms with van der Waals surface area (Å²) in [5, 5.41) is 9.22. The minimum Gasteiger partial charge on any atom is -0.496 e. The van der Waals surface area contributed by atoms with Gasteiger partial charge in [0.25, 0.3) is 0 Å². The average molecular weight is 381 g/mol. The Morgan fingerprint density at radius 2 is 2.04 bits per heavy atom. The summed E-state index contributed by atoms with van der Waals surface area (Å²) in [4.78, 5) is 20.7. The molecule has 144 valence electrons. The third kappa shape index (κ3) is 4.12. The predicted octanol–water partition coefficient (Wildman–Crippen LogP) is 3.47. The standard InChI is InChI=1S/C18H18F3N3O3/c1-27-14-7-3-2-6-12(14)13-9-15(18(19,20)21)23-17(22-13)24-8-4-5-11(10-24)16(25)26/h2-3,6-7,9,11H,4-5,8,10H2,1H3,(H,25,26). The van der Waals surface area contributed by atoms with Crippen LogP contribution in [0.1, 0.15) is 18.5 Å². The molecule has 2 heterocycles. The molecule has 1 aliphatic heterocycles. The number of alkyl halides is 3. The van der Waals surface area contributed by atoms with Crippen LogP contribution in [-0.2, 0) is 11.0 Å². The van der Waals surface area contributed by atoms with Crippen molar-refractivity contribution >= 4 is 11.9 Å². The molecule has 3 rings (SSSR count). The van der Waals surface area contributed by atoms with Crippen LogP contribution in [0.3, 0.4) is 0 Å². The van der Waals surface area contributed by atoms with Gasteiger partial charge in [0, 0.05) is 18.7 Å². The van der Waals surface area contributed by atoms with Gasteiger partial charge in [-0.15, -0.1) is 0 Å². The number of ether oxygens (including phenoxy) is 1. The first-order chi connectivity index (χ1) is 12.8. The van der Waals surface area contributed by atoms with Gasteiger partial charge in [-0.2, -0.15) is 13.2 Å². The van der Waals surface area contributed by atoms with Crippen molar-refractivity contribution in [3.8, 4) is 17.0 Å². The SMILES string of the molecule is COc1ccccc1-c1cc(C(F)(F)F)nc(N2CCCC(C(=O)O)C2)n1. The van der Waals surface area contributed by atoms with Crippen LogP contribution < -0.4 is 9.64 Å². The summed E-state index contributed by atoms with van der Waals surface area (Å²) < 4.78 is 45.4. The van der Waals surface area contributed by atoms with E-state index in [0.717, 1.165) is 6.07 Å². The fraction of sp³-hybridized carbons (Fsp3) is 0.389. The third-order valence-electron chi connectivity index (χ3n) is 4.44. The van der Waals surface area contributed by atoms with Crippen LogP contribution in [0, 0.1) is 5.92 Å². The van der Waals surface area contributed by atoms with E-state index in [-0.39, 0.29) is 18.2 Å². The number of benzene rings is 1. The summed E-state index contributed by atoms with van der Waals surface area (Å²) >= 11 is 0. The molecular weight excluding hydrogens is 363 g/mol. The Kier molecular flexibility index (Phi) is 5.20. The zero-order valence-corrected chi connectivity index (χ0v) is 14.5. The van der Waals surface area contributed by atoms with E-state index in [1.807, 2.05) is 0 Å². The first-order valence-corrected chi connectivity index (χ1v) is 8.37. The molecule has 2 aromatic rings. The summed E-state index contributed by atoms with van der Waals surface area (Å²) in [6, 6.07) is 7.50. The fourth-order valence-electron chi connectivity index (χ4n) is 3.08. The van der Waals surface area contributed by atoms with Crippen molar-refractivity contribution in [2.75, 3.05) is 25.1 Å². The van der Waals surface area contributed by atoms with Crippen LogP contribution in [0.2, 0.25) is 0 Å². The van der Waals surface area contributed by atoms with Crippen LogP contribution in [0.5, 0.6) is 5.75 Å². The molecule has 6 nitrogen and oxygen atoms in total. The summed E-state index contributed by atoms with van der Waals surface area (Å²) in [5.74, 6) is -1.38. The van der Waals surface area contributed by atoms with Crippen LogP contribution in [0.25, 0.3) is 11.3 Å². The third-order valence-corrected chi connectivity index (χ3v) is 4.44. The Hall–Kier alpha value is -2.84. The number of halogens is 3. The molecule has 1 saturated heterocycles. The maximum Gasteiger partial charge on any atom is 0.433 e. The van der Waals surface area contributed by atoms with Gasteiger partial charge in [-0.3, -0.25) is 4.79 Å². The van der Waals surface area contributed by atoms with Crippen molar-refractivity contribution in [1.82, 2.24) is 9.97 Å². The van der Waals surface area contributed by atoms with Crippen molar-refractivity contribution in [3.05, 3.63) is 36.0 Å². The zero-order valence-electron chi connectivity index (χ0n) is 14.5. The van der Waals surface area contributed by atoms with Gasteiger partial charge in [-0.05, 0) is 31.0 Å². The lowest BCUT2D eigenvalue weighted by atomic mass is 9.99. The first-order valence-electron chi connectivity index (χ1n) is 8.37. The fourth-order valence-corrected chi connectivity index (χ4v) is 3.08. The van der Waals surface area contributed by atoms with Crippen LogP contribution in [0.4, 0.5) is 19.1 Å². The highest BCUT2D eigenvalue weighted by molar-refractivity contribution is 5.71. The molecule has 0 aliphatic carbocycles. The second kappa shape index (κ2) is 7.42. The van der Waals surface area contributed by atoms with Crippen LogP contribution in [0.15, 0.2) is 30.3 Å². The Labute approximate surface area is 153 Å². The Morgan fingerprint density at radius 3 is 2.70 bits per heavy atom. The molecule has 0 amide bonds. The van der Waals surface area contributed by atoms with E-state index in [2.05, 4.69) is 9.97 Å². The van der Waals surface area contributed by atoms with Gasteiger partial charge < -0.3 is 14.7 Å². The number of carboxylic acids is 1. The molecule has 1 aliphatic rings. The van der Waals surface area contributed by atoms with Crippen molar-refractivity contribution in [2.45, 2.75) is 19.0 Å². The number of methoxy groups -OCH3 is 1. The van der Waals surface area contributed by atoms with Gasteiger partial charge in [0.1, 0.15) is 5.75 Å². The lowest BCUT2D eigenvalue weighted by molar-refractivity contribution is -0.142. The lowest BCUT2D eigenvalue weighted by Gasteiger charge is -2.31. The number of aromatic nitrogens is 2. The molecule has 1 aromatic carbocycles. The van der Waals surface area contributed by atoms with Crippen molar-refractivity contribution in [3.63, 3.8) is 0 Å². The minimum atomic E-state index is -4.66. The molecule has 1 aromatic heterocycles. The summed E-state index contributed by atoms with van der Waals surface area (Å²) in [7, 11) is 1.42. The zero-order chi connectivity index (χ0) is 19.6. The molecule has 27 heavy (non-hydrogen) atoms. The van der Waals surface area contributed by atoms with E-state index in [4.69, 9.17) is 4.74 Å². The average Bonchev–Trinajstić information content (AvgIpc) is 2.67. The number of piperidine rings is 1. The second-order valence-corrected chi connectivity index (χ2v) is 6.26. The van der Waals surface area contributed by atoms with Crippen LogP contribution in [-0.4, -0.2) is 41.2 Å². The number of hydrogen-bond donors (Lipinski definition) is 1. The molecule has 0 radical (unpaired) electrons. The van der Waals surface area contributed by atoms with Crippen LogP contribution >= 0.6 is 0 Å². The maximum absolute atomic E-state index is 13.4. The molecule has 1 fully saturated rings. The van der Waals surface area contributed by atoms with E-state index in [9.17, 15) is 23.1 Å². The summed E-state index contributed by atoms with van der Waals surface area (Å²) in [5.41, 5.74) is -0.603. The molecule has 0 spiro atoms. The minimum absolute atomic E-state index is 0.0714. The topological polar surface area (TPSA) is 75.5 Å². The largest absolute Gasteiger partial charge is 0.496 e. The second-order valence-electron chi connectivity index (χ2n) is 6.26. The number of carbonyl (C=O) groups is 1. The van der Waals surface area contributed by atoms with Gasteiger partial charge in [0.15, 0.2) is 5.69 Å². The molecule has 9 heteroatoms. The molecule has 1 atom stereocenters. The highest BCUT2D eigenvalue weighted by Gasteiger charge is 2.35. The molecule has 0 bridgehead atoms. The molecule has 1 unspecified atom stereocenters. The molecule has 1 N–H and O–H groups in total. The highest BCUT2D eigenvalue weighted by atomic mass is 19.4. The first kappa shape index (κ1) is 18.9. The highest BCUT2D eigenvalue weighted by Crippen LogP contribution is 2.35. The monoisotopic (exact) mass is 381 g/mol. The smallest absolute Gasteiger partial charge is 0.433 e. The number of nitrogens with zero attached hydrogens (tertiary/aromatic N) is 3. The Morgan fingerprint density at radius 1 is 1.30 bits per heavy atom. The lowest BCUT2D eigenvalue weighted by Crippen LogP contribution is -2.40. The van der Waals surface area contributed by atoms with Crippen molar-refractivity contribution in [2.24, 2.45) is 5.92 Å². The number of carboxylic acid groups (broad SMARTS) is 1. The van der Waals surface area contributed by atoms with Crippen molar-refractivity contribution < 1.29 is 27.8 Å². The van der Waals surface area contributed by atoms with Gasteiger partial charge >= 0.3 is 12.1 Å². The van der Waals surface area contributed by atoms with E-state index in [1.54, 1.807) is 24.3 Å². The van der Waals surface area contributed by atoms with E-state index in [1.165, 1.54) is 12.0 Å². The summed E-state index contributed by atoms with van der Waals surface area (Å²) in [6.07, 6.45) is -3.64. The number of hydrogen-bond acceptors (Lipinski definition) is 5. The quantitative estimate of drug-likeness (QED) is 0.874. The number of rotatable bonds is 4. The van der Waals surface area contributed by atoms with Gasteiger partial charge in [0.05, 0.1) is 18.7 Å². The predicted molar refractivity (Wildman–Crippen MR) is 91.6 cm³/mol. The van der Waals surface area contributed by atoms with Gasteiger partial charge in [-0.25, -0.2) is 9.97 Å². The normalized spacial score (nSPS) is 17.6. The number of para-hydroxylation sites is 1. The van der Waals surface area contributed by atoms with Gasteiger partial charge in [0.2, 0.25) is 5.95 Å².